The van der Waals surface area contributed by atoms with E-state index in [0.717, 1.165) is 5.69 Å². The van der Waals surface area contributed by atoms with E-state index in [1.165, 1.54) is 0 Å². The monoisotopic (exact) mass is 318 g/mol. The predicted molar refractivity (Wildman–Crippen MR) is 90.0 cm³/mol. The molecule has 0 saturated carbocycles. The Balaban J connectivity index is 1.79. The average Bonchev–Trinajstić information content (AvgIpc) is 2.55. The minimum Gasteiger partial charge on any atom is -0.353 e. The minimum absolute atomic E-state index is 0.00109. The standard InChI is InChI=1S/C17H26N4O2/c1-12(2)13(3)19-16(22)14-6-10-21(11-7-14)17(23)20-15-4-8-18-9-5-15/h4-5,8-9,12-14H,6-7,10-11H2,1-3H3,(H,19,22)(H,18,20,23). The van der Waals surface area contributed by atoms with Crippen LogP contribution in [0.1, 0.15) is 33.6 Å². The van der Waals surface area contributed by atoms with Crippen molar-refractivity contribution in [2.45, 2.75) is 39.7 Å². The van der Waals surface area contributed by atoms with E-state index in [0.29, 0.717) is 31.8 Å². The summed E-state index contributed by atoms with van der Waals surface area (Å²) in [6.45, 7) is 7.42. The molecule has 2 heterocycles. The van der Waals surface area contributed by atoms with Crippen molar-refractivity contribution < 1.29 is 9.59 Å². The number of likely N-dealkylation sites (tertiary alicyclic amines) is 1. The maximum atomic E-state index is 12.2. The van der Waals surface area contributed by atoms with Crippen LogP contribution in [0.5, 0.6) is 0 Å². The van der Waals surface area contributed by atoms with Crippen molar-refractivity contribution in [3.8, 4) is 0 Å². The lowest BCUT2D eigenvalue weighted by Crippen LogP contribution is -2.46. The van der Waals surface area contributed by atoms with Gasteiger partial charge in [-0.1, -0.05) is 13.8 Å². The van der Waals surface area contributed by atoms with Crippen LogP contribution in [0.15, 0.2) is 24.5 Å². The summed E-state index contributed by atoms with van der Waals surface area (Å²) < 4.78 is 0. The molecule has 1 unspecified atom stereocenters. The number of piperidine rings is 1. The zero-order chi connectivity index (χ0) is 16.8. The van der Waals surface area contributed by atoms with E-state index in [1.807, 2.05) is 6.92 Å². The third-order valence-electron chi connectivity index (χ3n) is 4.45. The second-order valence-corrected chi connectivity index (χ2v) is 6.47. The van der Waals surface area contributed by atoms with Gasteiger partial charge in [0.25, 0.3) is 0 Å². The van der Waals surface area contributed by atoms with E-state index in [2.05, 4.69) is 29.5 Å². The number of urea groups is 1. The van der Waals surface area contributed by atoms with Gasteiger partial charge in [0.15, 0.2) is 0 Å². The number of aromatic nitrogens is 1. The van der Waals surface area contributed by atoms with Gasteiger partial charge in [-0.3, -0.25) is 9.78 Å². The molecule has 1 fully saturated rings. The van der Waals surface area contributed by atoms with Crippen LogP contribution in [0.2, 0.25) is 0 Å². The van der Waals surface area contributed by atoms with E-state index in [-0.39, 0.29) is 23.9 Å². The molecule has 23 heavy (non-hydrogen) atoms. The van der Waals surface area contributed by atoms with Crippen molar-refractivity contribution in [3.63, 3.8) is 0 Å². The number of rotatable bonds is 4. The molecule has 1 aliphatic heterocycles. The van der Waals surface area contributed by atoms with Crippen molar-refractivity contribution in [1.82, 2.24) is 15.2 Å². The summed E-state index contributed by atoms with van der Waals surface area (Å²) in [6.07, 6.45) is 4.70. The third kappa shape index (κ3) is 4.94. The number of amides is 3. The summed E-state index contributed by atoms with van der Waals surface area (Å²) in [6, 6.07) is 3.57. The molecular weight excluding hydrogens is 292 g/mol. The van der Waals surface area contributed by atoms with Crippen molar-refractivity contribution in [3.05, 3.63) is 24.5 Å². The molecule has 2 N–H and O–H groups in total. The van der Waals surface area contributed by atoms with Gasteiger partial charge in [0.05, 0.1) is 0 Å². The van der Waals surface area contributed by atoms with Crippen LogP contribution in [-0.4, -0.2) is 41.0 Å². The van der Waals surface area contributed by atoms with Crippen LogP contribution in [0.25, 0.3) is 0 Å². The van der Waals surface area contributed by atoms with E-state index in [9.17, 15) is 9.59 Å². The summed E-state index contributed by atoms with van der Waals surface area (Å²) in [5.41, 5.74) is 0.732. The SMILES string of the molecule is CC(C)C(C)NC(=O)C1CCN(C(=O)Nc2ccncc2)CC1. The number of carbonyl (C=O) groups is 2. The molecule has 1 aromatic heterocycles. The highest BCUT2D eigenvalue weighted by Gasteiger charge is 2.28. The lowest BCUT2D eigenvalue weighted by molar-refractivity contribution is -0.127. The van der Waals surface area contributed by atoms with Gasteiger partial charge in [-0.05, 0) is 37.8 Å². The molecule has 1 saturated heterocycles. The van der Waals surface area contributed by atoms with Gasteiger partial charge in [-0.25, -0.2) is 4.79 Å². The Morgan fingerprint density at radius 2 is 1.78 bits per heavy atom. The normalized spacial score (nSPS) is 17.0. The summed E-state index contributed by atoms with van der Waals surface area (Å²) in [7, 11) is 0. The highest BCUT2D eigenvalue weighted by Crippen LogP contribution is 2.19. The average molecular weight is 318 g/mol. The Bertz CT molecular complexity index is 525. The van der Waals surface area contributed by atoms with E-state index in [1.54, 1.807) is 29.4 Å². The van der Waals surface area contributed by atoms with E-state index in [4.69, 9.17) is 0 Å². The van der Waals surface area contributed by atoms with Crippen LogP contribution in [-0.2, 0) is 4.79 Å². The third-order valence-corrected chi connectivity index (χ3v) is 4.45. The van der Waals surface area contributed by atoms with Gasteiger partial charge in [0.2, 0.25) is 5.91 Å². The summed E-state index contributed by atoms with van der Waals surface area (Å²) in [5.74, 6) is 0.534. The number of hydrogen-bond donors (Lipinski definition) is 2. The van der Waals surface area contributed by atoms with Crippen LogP contribution >= 0.6 is 0 Å². The molecule has 1 atom stereocenters. The van der Waals surface area contributed by atoms with Gasteiger partial charge in [0, 0.05) is 43.1 Å². The lowest BCUT2D eigenvalue weighted by atomic mass is 9.95. The van der Waals surface area contributed by atoms with Gasteiger partial charge in [-0.2, -0.15) is 0 Å². The lowest BCUT2D eigenvalue weighted by Gasteiger charge is -2.32. The van der Waals surface area contributed by atoms with Gasteiger partial charge >= 0.3 is 6.03 Å². The molecule has 126 valence electrons. The molecule has 2 rings (SSSR count). The Kier molecular flexibility index (Phi) is 5.96. The van der Waals surface area contributed by atoms with Crippen molar-refractivity contribution in [1.29, 1.82) is 0 Å². The molecule has 0 radical (unpaired) electrons. The molecule has 0 aromatic carbocycles. The van der Waals surface area contributed by atoms with Crippen molar-refractivity contribution in [2.24, 2.45) is 11.8 Å². The molecule has 3 amide bonds. The minimum atomic E-state index is -0.120. The van der Waals surface area contributed by atoms with E-state index >= 15 is 0 Å². The fourth-order valence-electron chi connectivity index (χ4n) is 2.49. The van der Waals surface area contributed by atoms with Crippen LogP contribution in [0.3, 0.4) is 0 Å². The molecule has 1 aliphatic rings. The first-order valence-electron chi connectivity index (χ1n) is 8.23. The molecule has 1 aromatic rings. The molecule has 6 nitrogen and oxygen atoms in total. The fourth-order valence-corrected chi connectivity index (χ4v) is 2.49. The van der Waals surface area contributed by atoms with Crippen molar-refractivity contribution >= 4 is 17.6 Å². The fraction of sp³-hybridized carbons (Fsp3) is 0.588. The quantitative estimate of drug-likeness (QED) is 0.895. The zero-order valence-electron chi connectivity index (χ0n) is 14.1. The number of pyridine rings is 1. The van der Waals surface area contributed by atoms with Gasteiger partial charge in [0.1, 0.15) is 0 Å². The molecule has 0 spiro atoms. The number of nitrogens with zero attached hydrogens (tertiary/aromatic N) is 2. The van der Waals surface area contributed by atoms with Crippen LogP contribution in [0.4, 0.5) is 10.5 Å². The number of hydrogen-bond acceptors (Lipinski definition) is 3. The Labute approximate surface area is 137 Å². The first-order chi connectivity index (χ1) is 11.0. The largest absolute Gasteiger partial charge is 0.353 e. The topological polar surface area (TPSA) is 74.3 Å². The Hall–Kier alpha value is -2.11. The molecule has 0 aliphatic carbocycles. The maximum Gasteiger partial charge on any atom is 0.321 e. The Morgan fingerprint density at radius 3 is 2.35 bits per heavy atom. The van der Waals surface area contributed by atoms with Crippen LogP contribution in [0, 0.1) is 11.8 Å². The van der Waals surface area contributed by atoms with E-state index < -0.39 is 0 Å². The van der Waals surface area contributed by atoms with Crippen LogP contribution < -0.4 is 10.6 Å². The molecule has 0 bridgehead atoms. The van der Waals surface area contributed by atoms with Crippen molar-refractivity contribution in [2.75, 3.05) is 18.4 Å². The van der Waals surface area contributed by atoms with Gasteiger partial charge < -0.3 is 15.5 Å². The Morgan fingerprint density at radius 1 is 1.17 bits per heavy atom. The second kappa shape index (κ2) is 7.94. The summed E-state index contributed by atoms with van der Waals surface area (Å²) in [5, 5.41) is 5.92. The summed E-state index contributed by atoms with van der Waals surface area (Å²) >= 11 is 0. The predicted octanol–water partition coefficient (Wildman–Crippen LogP) is 2.49. The summed E-state index contributed by atoms with van der Waals surface area (Å²) in [4.78, 5) is 30.1. The number of carbonyl (C=O) groups excluding carboxylic acids is 2. The first kappa shape index (κ1) is 17.2. The maximum absolute atomic E-state index is 12.2. The number of anilines is 1. The van der Waals surface area contributed by atoms with Gasteiger partial charge in [-0.15, -0.1) is 0 Å². The highest BCUT2D eigenvalue weighted by molar-refractivity contribution is 5.89. The molecule has 6 heteroatoms. The first-order valence-corrected chi connectivity index (χ1v) is 8.23. The second-order valence-electron chi connectivity index (χ2n) is 6.47. The number of nitrogens with one attached hydrogen (secondary N) is 2. The zero-order valence-corrected chi connectivity index (χ0v) is 14.1. The highest BCUT2D eigenvalue weighted by atomic mass is 16.2. The molecular formula is C17H26N4O2. The smallest absolute Gasteiger partial charge is 0.321 e.